The van der Waals surface area contributed by atoms with E-state index in [1.807, 2.05) is 18.2 Å². The summed E-state index contributed by atoms with van der Waals surface area (Å²) in [6.45, 7) is 7.59. The molecule has 1 aliphatic rings. The molecule has 0 atom stereocenters. The Balaban J connectivity index is 1.58. The summed E-state index contributed by atoms with van der Waals surface area (Å²) in [7, 11) is -3.59. The van der Waals surface area contributed by atoms with Crippen LogP contribution in [0.5, 0.6) is 0 Å². The molecule has 0 unspecified atom stereocenters. The van der Waals surface area contributed by atoms with E-state index in [4.69, 9.17) is 0 Å². The molecule has 7 nitrogen and oxygen atoms in total. The number of benzene rings is 2. The summed E-state index contributed by atoms with van der Waals surface area (Å²) in [5, 5.41) is 2.93. The van der Waals surface area contributed by atoms with Crippen molar-refractivity contribution in [2.24, 2.45) is 0 Å². The molecule has 0 saturated carbocycles. The molecule has 9 heteroatoms. The Morgan fingerprint density at radius 3 is 2.55 bits per heavy atom. The number of anilines is 2. The molecule has 31 heavy (non-hydrogen) atoms. The van der Waals surface area contributed by atoms with Gasteiger partial charge in [0.2, 0.25) is 15.9 Å². The third-order valence-corrected chi connectivity index (χ3v) is 8.20. The number of para-hydroxylation sites is 1. The van der Waals surface area contributed by atoms with Crippen LogP contribution in [0.4, 0.5) is 11.4 Å². The summed E-state index contributed by atoms with van der Waals surface area (Å²) >= 11 is 1.49. The van der Waals surface area contributed by atoms with Crippen LogP contribution in [0.2, 0.25) is 0 Å². The van der Waals surface area contributed by atoms with Crippen LogP contribution >= 0.6 is 11.3 Å². The van der Waals surface area contributed by atoms with Crippen molar-refractivity contribution in [1.29, 1.82) is 0 Å². The quantitative estimate of drug-likeness (QED) is 0.627. The molecule has 1 aliphatic heterocycles. The summed E-state index contributed by atoms with van der Waals surface area (Å²) in [5.41, 5.74) is 5.31. The lowest BCUT2D eigenvalue weighted by atomic mass is 9.98. The van der Waals surface area contributed by atoms with Gasteiger partial charge in [-0.25, -0.2) is 13.4 Å². The van der Waals surface area contributed by atoms with Crippen molar-refractivity contribution in [2.45, 2.75) is 31.6 Å². The third kappa shape index (κ3) is 4.30. The molecule has 0 spiro atoms. The largest absolute Gasteiger partial charge is 0.367 e. The molecule has 1 aromatic heterocycles. The molecule has 1 amide bonds. The summed E-state index contributed by atoms with van der Waals surface area (Å²) in [5.74, 6) is 0.149. The molecule has 0 radical (unpaired) electrons. The first-order valence-corrected chi connectivity index (χ1v) is 12.6. The van der Waals surface area contributed by atoms with Crippen molar-refractivity contribution in [1.82, 2.24) is 9.29 Å². The van der Waals surface area contributed by atoms with Crippen molar-refractivity contribution in [2.75, 3.05) is 36.4 Å². The second kappa shape index (κ2) is 8.57. The number of sulfonamides is 1. The monoisotopic (exact) mass is 458 g/mol. The molecule has 1 fully saturated rings. The number of piperazine rings is 1. The van der Waals surface area contributed by atoms with E-state index in [1.165, 1.54) is 22.6 Å². The van der Waals surface area contributed by atoms with E-state index in [0.29, 0.717) is 31.7 Å². The predicted octanol–water partition coefficient (Wildman–Crippen LogP) is 3.89. The summed E-state index contributed by atoms with van der Waals surface area (Å²) in [4.78, 5) is 18.4. The molecule has 2 aromatic carbocycles. The van der Waals surface area contributed by atoms with Crippen molar-refractivity contribution in [3.63, 3.8) is 0 Å². The number of thiazole rings is 1. The first-order valence-electron chi connectivity index (χ1n) is 10.3. The van der Waals surface area contributed by atoms with Gasteiger partial charge in [-0.1, -0.05) is 26.0 Å². The predicted molar refractivity (Wildman–Crippen MR) is 125 cm³/mol. The standard InChI is InChI=1S/C22H26N4O3S2/c1-15(2)18-5-4-6-19(24-16(3)27)22(18)25-9-11-26(12-10-25)31(28,29)17-7-8-21-20(13-17)23-14-30-21/h4-8,13-15H,9-12H2,1-3H3,(H,24,27). The van der Waals surface area contributed by atoms with E-state index in [0.717, 1.165) is 21.6 Å². The van der Waals surface area contributed by atoms with Gasteiger partial charge in [0.15, 0.2) is 0 Å². The number of rotatable bonds is 5. The molecule has 0 bridgehead atoms. The third-order valence-electron chi connectivity index (χ3n) is 5.49. The van der Waals surface area contributed by atoms with Crippen molar-refractivity contribution < 1.29 is 13.2 Å². The van der Waals surface area contributed by atoms with E-state index in [-0.39, 0.29) is 16.7 Å². The Morgan fingerprint density at radius 1 is 1.13 bits per heavy atom. The maximum Gasteiger partial charge on any atom is 0.243 e. The zero-order chi connectivity index (χ0) is 22.2. The zero-order valence-electron chi connectivity index (χ0n) is 17.8. The molecule has 164 valence electrons. The minimum Gasteiger partial charge on any atom is -0.367 e. The van der Waals surface area contributed by atoms with Crippen LogP contribution < -0.4 is 10.2 Å². The number of hydrogen-bond donors (Lipinski definition) is 1. The van der Waals surface area contributed by atoms with Gasteiger partial charge >= 0.3 is 0 Å². The Kier molecular flexibility index (Phi) is 6.00. The van der Waals surface area contributed by atoms with Crippen LogP contribution in [-0.4, -0.2) is 49.8 Å². The fourth-order valence-corrected chi connectivity index (χ4v) is 6.07. The molecule has 2 heterocycles. The lowest BCUT2D eigenvalue weighted by Crippen LogP contribution is -2.49. The van der Waals surface area contributed by atoms with Crippen LogP contribution in [0.15, 0.2) is 46.8 Å². The van der Waals surface area contributed by atoms with E-state index in [2.05, 4.69) is 35.1 Å². The van der Waals surface area contributed by atoms with Crippen molar-refractivity contribution in [3.8, 4) is 0 Å². The van der Waals surface area contributed by atoms with Gasteiger partial charge < -0.3 is 10.2 Å². The van der Waals surface area contributed by atoms with Crippen LogP contribution in [0, 0.1) is 0 Å². The number of fused-ring (bicyclic) bond motifs is 1. The van der Waals surface area contributed by atoms with Gasteiger partial charge in [-0.15, -0.1) is 11.3 Å². The summed E-state index contributed by atoms with van der Waals surface area (Å²) < 4.78 is 28.9. The second-order valence-corrected chi connectivity index (χ2v) is 10.8. The highest BCUT2D eigenvalue weighted by atomic mass is 32.2. The van der Waals surface area contributed by atoms with Gasteiger partial charge in [-0.2, -0.15) is 4.31 Å². The Morgan fingerprint density at radius 2 is 1.87 bits per heavy atom. The molecular weight excluding hydrogens is 432 g/mol. The number of amides is 1. The number of nitrogens with one attached hydrogen (secondary N) is 1. The zero-order valence-corrected chi connectivity index (χ0v) is 19.5. The smallest absolute Gasteiger partial charge is 0.243 e. The van der Waals surface area contributed by atoms with E-state index in [1.54, 1.807) is 17.6 Å². The number of nitrogens with zero attached hydrogens (tertiary/aromatic N) is 3. The van der Waals surface area contributed by atoms with Crippen LogP contribution in [-0.2, 0) is 14.8 Å². The maximum atomic E-state index is 13.2. The highest BCUT2D eigenvalue weighted by molar-refractivity contribution is 7.89. The van der Waals surface area contributed by atoms with Gasteiger partial charge in [0.05, 0.1) is 32.0 Å². The average molecular weight is 459 g/mol. The number of carbonyl (C=O) groups is 1. The van der Waals surface area contributed by atoms with Gasteiger partial charge in [0, 0.05) is 33.1 Å². The fraction of sp³-hybridized carbons (Fsp3) is 0.364. The lowest BCUT2D eigenvalue weighted by molar-refractivity contribution is -0.114. The highest BCUT2D eigenvalue weighted by Crippen LogP contribution is 2.36. The lowest BCUT2D eigenvalue weighted by Gasteiger charge is -2.37. The molecule has 1 saturated heterocycles. The van der Waals surface area contributed by atoms with Gasteiger partial charge in [0.1, 0.15) is 0 Å². The molecular formula is C22H26N4O3S2. The Labute approximate surface area is 186 Å². The van der Waals surface area contributed by atoms with Gasteiger partial charge in [-0.3, -0.25) is 4.79 Å². The molecule has 3 aromatic rings. The van der Waals surface area contributed by atoms with E-state index < -0.39 is 10.0 Å². The molecule has 0 aliphatic carbocycles. The number of hydrogen-bond acceptors (Lipinski definition) is 6. The fourth-order valence-electron chi connectivity index (χ4n) is 3.97. The van der Waals surface area contributed by atoms with E-state index >= 15 is 0 Å². The van der Waals surface area contributed by atoms with Crippen LogP contribution in [0.25, 0.3) is 10.2 Å². The van der Waals surface area contributed by atoms with Crippen LogP contribution in [0.1, 0.15) is 32.3 Å². The van der Waals surface area contributed by atoms with Gasteiger partial charge in [0.25, 0.3) is 0 Å². The first-order chi connectivity index (χ1) is 14.8. The molecule has 1 N–H and O–H groups in total. The van der Waals surface area contributed by atoms with E-state index in [9.17, 15) is 13.2 Å². The Bertz CT molecular complexity index is 1210. The normalized spacial score (nSPS) is 15.5. The summed E-state index contributed by atoms with van der Waals surface area (Å²) in [6, 6.07) is 11.0. The summed E-state index contributed by atoms with van der Waals surface area (Å²) in [6.07, 6.45) is 0. The maximum absolute atomic E-state index is 13.2. The van der Waals surface area contributed by atoms with Gasteiger partial charge in [-0.05, 0) is 35.7 Å². The number of carbonyl (C=O) groups excluding carboxylic acids is 1. The van der Waals surface area contributed by atoms with Crippen molar-refractivity contribution >= 4 is 48.9 Å². The second-order valence-electron chi connectivity index (χ2n) is 7.95. The van der Waals surface area contributed by atoms with Crippen molar-refractivity contribution in [3.05, 3.63) is 47.5 Å². The number of aromatic nitrogens is 1. The molecule has 4 rings (SSSR count). The van der Waals surface area contributed by atoms with Crippen LogP contribution in [0.3, 0.4) is 0 Å². The SMILES string of the molecule is CC(=O)Nc1cccc(C(C)C)c1N1CCN(S(=O)(=O)c2ccc3scnc3c2)CC1. The Hall–Kier alpha value is -2.49. The topological polar surface area (TPSA) is 82.6 Å². The average Bonchev–Trinajstić information content (AvgIpc) is 3.21. The first kappa shape index (κ1) is 21.7. The minimum absolute atomic E-state index is 0.124. The highest BCUT2D eigenvalue weighted by Gasteiger charge is 2.30. The minimum atomic E-state index is -3.59.